The van der Waals surface area contributed by atoms with Gasteiger partial charge in [0.2, 0.25) is 11.8 Å². The van der Waals surface area contributed by atoms with E-state index in [0.717, 1.165) is 24.6 Å². The van der Waals surface area contributed by atoms with Crippen LogP contribution in [0, 0.1) is 0 Å². The van der Waals surface area contributed by atoms with Crippen molar-refractivity contribution in [2.24, 2.45) is 0 Å². The Labute approximate surface area is 135 Å². The van der Waals surface area contributed by atoms with Crippen LogP contribution in [0.25, 0.3) is 0 Å². The molecule has 0 aromatic carbocycles. The molecule has 1 aromatic rings. The third kappa shape index (κ3) is 3.00. The highest BCUT2D eigenvalue weighted by atomic mass is 16.2. The fraction of sp³-hybridized carbons (Fsp3) is 0.625. The maximum absolute atomic E-state index is 12.4. The molecule has 0 unspecified atom stereocenters. The molecule has 1 aliphatic carbocycles. The first-order chi connectivity index (χ1) is 11.2. The van der Waals surface area contributed by atoms with E-state index >= 15 is 0 Å². The van der Waals surface area contributed by atoms with Gasteiger partial charge in [0.1, 0.15) is 6.04 Å². The highest BCUT2D eigenvalue weighted by Gasteiger charge is 2.32. The molecule has 1 N–H and O–H groups in total. The zero-order valence-corrected chi connectivity index (χ0v) is 13.1. The van der Waals surface area contributed by atoms with Crippen LogP contribution < -0.4 is 10.2 Å². The van der Waals surface area contributed by atoms with Gasteiger partial charge in [-0.1, -0.05) is 0 Å². The Morgan fingerprint density at radius 1 is 1.09 bits per heavy atom. The molecule has 0 bridgehead atoms. The molecule has 2 aliphatic heterocycles. The van der Waals surface area contributed by atoms with Gasteiger partial charge in [-0.3, -0.25) is 9.59 Å². The summed E-state index contributed by atoms with van der Waals surface area (Å²) in [7, 11) is 0. The Kier molecular flexibility index (Phi) is 3.63. The number of carbonyl (C=O) groups is 2. The van der Waals surface area contributed by atoms with Gasteiger partial charge in [0.05, 0.1) is 5.69 Å². The monoisotopic (exact) mass is 315 g/mol. The summed E-state index contributed by atoms with van der Waals surface area (Å²) in [5, 5.41) is 11.4. The number of hydrogen-bond donors (Lipinski definition) is 1. The molecule has 3 heterocycles. The van der Waals surface area contributed by atoms with E-state index in [-0.39, 0.29) is 17.9 Å². The normalized spacial score (nSPS) is 24.7. The summed E-state index contributed by atoms with van der Waals surface area (Å²) in [5.74, 6) is 1.53. The van der Waals surface area contributed by atoms with Crippen LogP contribution in [0.3, 0.4) is 0 Å². The summed E-state index contributed by atoms with van der Waals surface area (Å²) < 4.78 is 0. The molecule has 3 aliphatic rings. The first-order valence-corrected chi connectivity index (χ1v) is 8.37. The van der Waals surface area contributed by atoms with E-state index < -0.39 is 0 Å². The van der Waals surface area contributed by atoms with Crippen LogP contribution in [0.4, 0.5) is 5.82 Å². The Bertz CT molecular complexity index is 605. The van der Waals surface area contributed by atoms with E-state index in [1.54, 1.807) is 0 Å². The minimum Gasteiger partial charge on any atom is -0.352 e. The summed E-state index contributed by atoms with van der Waals surface area (Å²) in [6.45, 7) is 2.84. The lowest BCUT2D eigenvalue weighted by Gasteiger charge is -2.36. The number of nitrogens with zero attached hydrogens (tertiary/aromatic N) is 4. The van der Waals surface area contributed by atoms with Gasteiger partial charge in [-0.15, -0.1) is 5.10 Å². The van der Waals surface area contributed by atoms with Crippen molar-refractivity contribution in [3.05, 3.63) is 17.8 Å². The van der Waals surface area contributed by atoms with E-state index in [2.05, 4.69) is 26.5 Å². The summed E-state index contributed by atoms with van der Waals surface area (Å²) in [6, 6.07) is 3.78. The Morgan fingerprint density at radius 3 is 2.43 bits per heavy atom. The molecule has 3 fully saturated rings. The zero-order chi connectivity index (χ0) is 15.8. The second-order valence-electron chi connectivity index (χ2n) is 6.56. The van der Waals surface area contributed by atoms with Gasteiger partial charge in [0.15, 0.2) is 5.82 Å². The second-order valence-corrected chi connectivity index (χ2v) is 6.56. The van der Waals surface area contributed by atoms with Crippen molar-refractivity contribution in [3.8, 4) is 0 Å². The van der Waals surface area contributed by atoms with Crippen molar-refractivity contribution in [1.82, 2.24) is 20.4 Å². The number of hydrogen-bond acceptors (Lipinski definition) is 5. The Morgan fingerprint density at radius 2 is 1.87 bits per heavy atom. The number of nitrogens with one attached hydrogen (secondary N) is 1. The Balaban J connectivity index is 1.33. The lowest BCUT2D eigenvalue weighted by atomic mass is 10.2. The SMILES string of the molecule is O=C1CC[C@@H](C(=O)N2CCN(c3ccc(C4CC4)nn3)CC2)N1. The van der Waals surface area contributed by atoms with E-state index in [1.165, 1.54) is 12.8 Å². The molecule has 1 saturated carbocycles. The van der Waals surface area contributed by atoms with Gasteiger partial charge in [-0.25, -0.2) is 0 Å². The molecule has 4 rings (SSSR count). The van der Waals surface area contributed by atoms with Gasteiger partial charge in [0, 0.05) is 38.5 Å². The molecule has 0 spiro atoms. The molecule has 7 heteroatoms. The van der Waals surface area contributed by atoms with Gasteiger partial charge in [0.25, 0.3) is 0 Å². The number of anilines is 1. The van der Waals surface area contributed by atoms with Gasteiger partial charge >= 0.3 is 0 Å². The second kappa shape index (κ2) is 5.79. The number of piperazine rings is 1. The van der Waals surface area contributed by atoms with Crippen LogP contribution in [0.5, 0.6) is 0 Å². The molecule has 23 heavy (non-hydrogen) atoms. The average molecular weight is 315 g/mol. The van der Waals surface area contributed by atoms with E-state index in [0.29, 0.717) is 31.8 Å². The smallest absolute Gasteiger partial charge is 0.245 e. The average Bonchev–Trinajstić information content (AvgIpc) is 3.36. The van der Waals surface area contributed by atoms with E-state index in [9.17, 15) is 9.59 Å². The molecular weight excluding hydrogens is 294 g/mol. The number of rotatable bonds is 3. The number of aromatic nitrogens is 2. The van der Waals surface area contributed by atoms with Crippen molar-refractivity contribution in [2.45, 2.75) is 37.6 Å². The van der Waals surface area contributed by atoms with Crippen LogP contribution in [0.1, 0.15) is 37.3 Å². The van der Waals surface area contributed by atoms with Crippen molar-refractivity contribution in [2.75, 3.05) is 31.1 Å². The highest BCUT2D eigenvalue weighted by molar-refractivity contribution is 5.90. The summed E-state index contributed by atoms with van der Waals surface area (Å²) >= 11 is 0. The van der Waals surface area contributed by atoms with Crippen LogP contribution in [-0.2, 0) is 9.59 Å². The first kappa shape index (κ1) is 14.4. The first-order valence-electron chi connectivity index (χ1n) is 8.37. The number of carbonyl (C=O) groups excluding carboxylic acids is 2. The predicted molar refractivity (Wildman–Crippen MR) is 84.0 cm³/mol. The third-order valence-corrected chi connectivity index (χ3v) is 4.88. The summed E-state index contributed by atoms with van der Waals surface area (Å²) in [5.41, 5.74) is 1.10. The van der Waals surface area contributed by atoms with Crippen molar-refractivity contribution in [3.63, 3.8) is 0 Å². The van der Waals surface area contributed by atoms with Gasteiger partial charge < -0.3 is 15.1 Å². The van der Waals surface area contributed by atoms with Crippen molar-refractivity contribution in [1.29, 1.82) is 0 Å². The van der Waals surface area contributed by atoms with Crippen LogP contribution in [0.2, 0.25) is 0 Å². The van der Waals surface area contributed by atoms with Crippen LogP contribution >= 0.6 is 0 Å². The summed E-state index contributed by atoms with van der Waals surface area (Å²) in [4.78, 5) is 27.6. The van der Waals surface area contributed by atoms with Crippen LogP contribution in [0.15, 0.2) is 12.1 Å². The lowest BCUT2D eigenvalue weighted by Crippen LogP contribution is -2.53. The number of amides is 2. The standard InChI is InChI=1S/C16H21N5O2/c22-15-6-4-13(17-15)16(23)21-9-7-20(8-10-21)14-5-3-12(18-19-14)11-1-2-11/h3,5,11,13H,1-2,4,6-10H2,(H,17,22)/t13-/m0/s1. The lowest BCUT2D eigenvalue weighted by molar-refractivity contribution is -0.134. The quantitative estimate of drug-likeness (QED) is 0.867. The minimum absolute atomic E-state index is 0.0204. The molecule has 2 amide bonds. The summed E-state index contributed by atoms with van der Waals surface area (Å²) in [6.07, 6.45) is 3.53. The predicted octanol–water partition coefficient (Wildman–Crippen LogP) is 0.281. The van der Waals surface area contributed by atoms with Gasteiger partial charge in [-0.05, 0) is 31.4 Å². The van der Waals surface area contributed by atoms with Crippen molar-refractivity contribution < 1.29 is 9.59 Å². The molecule has 2 saturated heterocycles. The molecule has 122 valence electrons. The molecule has 1 atom stereocenters. The molecule has 7 nitrogen and oxygen atoms in total. The van der Waals surface area contributed by atoms with Crippen molar-refractivity contribution >= 4 is 17.6 Å². The third-order valence-electron chi connectivity index (χ3n) is 4.88. The fourth-order valence-corrected chi connectivity index (χ4v) is 3.28. The highest BCUT2D eigenvalue weighted by Crippen LogP contribution is 2.38. The maximum Gasteiger partial charge on any atom is 0.245 e. The zero-order valence-electron chi connectivity index (χ0n) is 13.1. The maximum atomic E-state index is 12.4. The van der Waals surface area contributed by atoms with Crippen LogP contribution in [-0.4, -0.2) is 59.1 Å². The van der Waals surface area contributed by atoms with Gasteiger partial charge in [-0.2, -0.15) is 5.10 Å². The molecular formula is C16H21N5O2. The Hall–Kier alpha value is -2.18. The topological polar surface area (TPSA) is 78.4 Å². The van der Waals surface area contributed by atoms with E-state index in [4.69, 9.17) is 0 Å². The molecule has 1 aromatic heterocycles. The van der Waals surface area contributed by atoms with E-state index in [1.807, 2.05) is 11.0 Å². The largest absolute Gasteiger partial charge is 0.352 e. The molecule has 0 radical (unpaired) electrons. The minimum atomic E-state index is -0.327. The fourth-order valence-electron chi connectivity index (χ4n) is 3.28.